The van der Waals surface area contributed by atoms with E-state index in [1.54, 1.807) is 0 Å². The van der Waals surface area contributed by atoms with Gasteiger partial charge in [0, 0.05) is 5.69 Å². The van der Waals surface area contributed by atoms with Crippen molar-refractivity contribution < 1.29 is 0 Å². The molecule has 3 nitrogen and oxygen atoms in total. The minimum absolute atomic E-state index is 0.322. The van der Waals surface area contributed by atoms with E-state index >= 15 is 0 Å². The van der Waals surface area contributed by atoms with Crippen LogP contribution in [0.4, 0.5) is 5.69 Å². The van der Waals surface area contributed by atoms with Gasteiger partial charge in [0.2, 0.25) is 0 Å². The molecule has 0 aliphatic rings. The second kappa shape index (κ2) is 2.59. The first-order valence-corrected chi connectivity index (χ1v) is 3.29. The van der Waals surface area contributed by atoms with E-state index in [2.05, 4.69) is 4.98 Å². The Morgan fingerprint density at radius 3 is 2.73 bits per heavy atom. The van der Waals surface area contributed by atoms with Crippen molar-refractivity contribution in [3.63, 3.8) is 0 Å². The van der Waals surface area contributed by atoms with Gasteiger partial charge in [0.15, 0.2) is 5.69 Å². The molecule has 11 heavy (non-hydrogen) atoms. The smallest absolute Gasteiger partial charge is 0.163 e. The third kappa shape index (κ3) is 1.30. The van der Waals surface area contributed by atoms with Crippen LogP contribution in [0.3, 0.4) is 0 Å². The molecule has 1 aromatic rings. The first-order chi connectivity index (χ1) is 5.15. The highest BCUT2D eigenvalue weighted by molar-refractivity contribution is 5.55. The molecule has 0 unspecified atom stereocenters. The number of nitrogens with two attached hydrogens (primary N) is 1. The SMILES string of the molecule is Cc1cc(C)c(N)c(C#N)n1. The number of hydrogen-bond donors (Lipinski definition) is 1. The lowest BCUT2D eigenvalue weighted by Crippen LogP contribution is -1.98. The summed E-state index contributed by atoms with van der Waals surface area (Å²) in [6.07, 6.45) is 0. The summed E-state index contributed by atoms with van der Waals surface area (Å²) in [6.45, 7) is 3.71. The Morgan fingerprint density at radius 1 is 1.55 bits per heavy atom. The number of pyridine rings is 1. The van der Waals surface area contributed by atoms with Crippen molar-refractivity contribution in [1.82, 2.24) is 4.98 Å². The molecule has 1 rings (SSSR count). The summed E-state index contributed by atoms with van der Waals surface area (Å²) >= 11 is 0. The van der Waals surface area contributed by atoms with E-state index in [-0.39, 0.29) is 0 Å². The zero-order chi connectivity index (χ0) is 8.43. The van der Waals surface area contributed by atoms with Gasteiger partial charge in [-0.2, -0.15) is 5.26 Å². The molecule has 0 atom stereocenters. The second-order valence-corrected chi connectivity index (χ2v) is 2.45. The third-order valence-electron chi connectivity index (χ3n) is 1.50. The lowest BCUT2D eigenvalue weighted by Gasteiger charge is -2.01. The highest BCUT2D eigenvalue weighted by Gasteiger charge is 2.02. The van der Waals surface area contributed by atoms with Gasteiger partial charge < -0.3 is 5.73 Å². The predicted octanol–water partition coefficient (Wildman–Crippen LogP) is 1.15. The maximum Gasteiger partial charge on any atom is 0.163 e. The van der Waals surface area contributed by atoms with Gasteiger partial charge in [-0.15, -0.1) is 0 Å². The molecule has 0 aliphatic heterocycles. The topological polar surface area (TPSA) is 62.7 Å². The van der Waals surface area contributed by atoms with Gasteiger partial charge in [-0.3, -0.25) is 0 Å². The van der Waals surface area contributed by atoms with Crippen molar-refractivity contribution >= 4 is 5.69 Å². The molecule has 0 saturated carbocycles. The van der Waals surface area contributed by atoms with Crippen LogP contribution < -0.4 is 5.73 Å². The number of nitriles is 1. The summed E-state index contributed by atoms with van der Waals surface area (Å²) in [5, 5.41) is 8.57. The van der Waals surface area contributed by atoms with Crippen LogP contribution in [0.1, 0.15) is 17.0 Å². The number of nitrogens with zero attached hydrogens (tertiary/aromatic N) is 2. The van der Waals surface area contributed by atoms with Gasteiger partial charge in [0.05, 0.1) is 5.69 Å². The molecule has 0 bridgehead atoms. The third-order valence-corrected chi connectivity index (χ3v) is 1.50. The molecule has 0 amide bonds. The van der Waals surface area contributed by atoms with Crippen LogP contribution in [0.2, 0.25) is 0 Å². The number of aryl methyl sites for hydroxylation is 2. The molecule has 3 heteroatoms. The fourth-order valence-corrected chi connectivity index (χ4v) is 0.932. The van der Waals surface area contributed by atoms with E-state index in [9.17, 15) is 0 Å². The molecular weight excluding hydrogens is 138 g/mol. The van der Waals surface area contributed by atoms with Crippen LogP contribution in [0, 0.1) is 25.2 Å². The van der Waals surface area contributed by atoms with E-state index in [4.69, 9.17) is 11.0 Å². The van der Waals surface area contributed by atoms with Crippen molar-refractivity contribution in [2.24, 2.45) is 0 Å². The Balaban J connectivity index is 3.39. The Labute approximate surface area is 65.5 Å². The summed E-state index contributed by atoms with van der Waals surface area (Å²) in [4.78, 5) is 3.97. The summed E-state index contributed by atoms with van der Waals surface area (Å²) in [5.41, 5.74) is 8.12. The molecule has 1 aromatic heterocycles. The van der Waals surface area contributed by atoms with Crippen molar-refractivity contribution in [3.05, 3.63) is 23.0 Å². The minimum Gasteiger partial charge on any atom is -0.396 e. The maximum atomic E-state index is 8.57. The van der Waals surface area contributed by atoms with Gasteiger partial charge >= 0.3 is 0 Å². The van der Waals surface area contributed by atoms with Crippen LogP contribution in [-0.4, -0.2) is 4.98 Å². The summed E-state index contributed by atoms with van der Waals surface area (Å²) in [7, 11) is 0. The van der Waals surface area contributed by atoms with Crippen LogP contribution in [0.15, 0.2) is 6.07 Å². The monoisotopic (exact) mass is 147 g/mol. The normalized spacial score (nSPS) is 9.18. The number of aromatic nitrogens is 1. The highest BCUT2D eigenvalue weighted by Crippen LogP contribution is 2.14. The quantitative estimate of drug-likeness (QED) is 0.598. The number of hydrogen-bond acceptors (Lipinski definition) is 3. The molecule has 56 valence electrons. The van der Waals surface area contributed by atoms with Crippen molar-refractivity contribution in [1.29, 1.82) is 5.26 Å². The summed E-state index contributed by atoms with van der Waals surface area (Å²) in [5.74, 6) is 0. The average Bonchev–Trinajstić information content (AvgIpc) is 1.96. The van der Waals surface area contributed by atoms with Crippen LogP contribution in [-0.2, 0) is 0 Å². The predicted molar refractivity (Wildman–Crippen MR) is 42.8 cm³/mol. The van der Waals surface area contributed by atoms with Crippen LogP contribution in [0.5, 0.6) is 0 Å². The van der Waals surface area contributed by atoms with Gasteiger partial charge in [0.1, 0.15) is 6.07 Å². The van der Waals surface area contributed by atoms with Crippen molar-refractivity contribution in [3.8, 4) is 6.07 Å². The summed E-state index contributed by atoms with van der Waals surface area (Å²) < 4.78 is 0. The first-order valence-electron chi connectivity index (χ1n) is 3.29. The molecule has 1 heterocycles. The standard InChI is InChI=1S/C8H9N3/c1-5-3-6(2)11-7(4-9)8(5)10/h3H,10H2,1-2H3. The van der Waals surface area contributed by atoms with E-state index in [0.29, 0.717) is 11.4 Å². The van der Waals surface area contributed by atoms with E-state index < -0.39 is 0 Å². The Hall–Kier alpha value is -1.56. The highest BCUT2D eigenvalue weighted by atomic mass is 14.8. The minimum atomic E-state index is 0.322. The van der Waals surface area contributed by atoms with Crippen molar-refractivity contribution in [2.75, 3.05) is 5.73 Å². The maximum absolute atomic E-state index is 8.57. The van der Waals surface area contributed by atoms with Gasteiger partial charge in [-0.25, -0.2) is 4.98 Å². The second-order valence-electron chi connectivity index (χ2n) is 2.45. The number of rotatable bonds is 0. The fourth-order valence-electron chi connectivity index (χ4n) is 0.932. The van der Waals surface area contributed by atoms with Crippen LogP contribution >= 0.6 is 0 Å². The lowest BCUT2D eigenvalue weighted by molar-refractivity contribution is 1.15. The number of anilines is 1. The van der Waals surface area contributed by atoms with Gasteiger partial charge in [0.25, 0.3) is 0 Å². The van der Waals surface area contributed by atoms with Gasteiger partial charge in [-0.1, -0.05) is 0 Å². The molecule has 0 fully saturated rings. The summed E-state index contributed by atoms with van der Waals surface area (Å²) in [6, 6.07) is 3.80. The zero-order valence-electron chi connectivity index (χ0n) is 6.55. The first kappa shape index (κ1) is 7.55. The molecular formula is C8H9N3. The molecule has 0 radical (unpaired) electrons. The van der Waals surface area contributed by atoms with Crippen LogP contribution in [0.25, 0.3) is 0 Å². The van der Waals surface area contributed by atoms with E-state index in [0.717, 1.165) is 11.3 Å². The lowest BCUT2D eigenvalue weighted by atomic mass is 10.2. The molecule has 0 saturated heterocycles. The van der Waals surface area contributed by atoms with E-state index in [1.165, 1.54) is 0 Å². The molecule has 0 aliphatic carbocycles. The molecule has 0 aromatic carbocycles. The van der Waals surface area contributed by atoms with Gasteiger partial charge in [-0.05, 0) is 25.5 Å². The fraction of sp³-hybridized carbons (Fsp3) is 0.250. The Kier molecular flexibility index (Phi) is 1.77. The molecule has 0 spiro atoms. The van der Waals surface area contributed by atoms with Crippen molar-refractivity contribution in [2.45, 2.75) is 13.8 Å². The largest absolute Gasteiger partial charge is 0.396 e. The average molecular weight is 147 g/mol. The Morgan fingerprint density at radius 2 is 2.18 bits per heavy atom. The number of nitrogen functional groups attached to an aromatic ring is 1. The zero-order valence-corrected chi connectivity index (χ0v) is 6.55. The Bertz CT molecular complexity index is 323. The molecule has 2 N–H and O–H groups in total. The van der Waals surface area contributed by atoms with E-state index in [1.807, 2.05) is 26.0 Å².